The van der Waals surface area contributed by atoms with Gasteiger partial charge in [0.15, 0.2) is 0 Å². The van der Waals surface area contributed by atoms with E-state index in [0.717, 1.165) is 24.2 Å². The molecule has 2 saturated heterocycles. The molecule has 2 aliphatic heterocycles. The highest BCUT2D eigenvalue weighted by Gasteiger charge is 2.50. The van der Waals surface area contributed by atoms with E-state index >= 15 is 0 Å². The second kappa shape index (κ2) is 22.8. The number of rotatable bonds is 11. The lowest BCUT2D eigenvalue weighted by atomic mass is 9.82. The van der Waals surface area contributed by atoms with Crippen molar-refractivity contribution in [3.8, 4) is 0 Å². The SMILES string of the molecule is CCC1N(c2ccccc2)CC(C(=O)OC)COC1(C)C.CCC1N(c2ccccc2)CC(CCC(=O)OC)(C(=O)OC)COC1(C)C.COC(=O)CCBr. The van der Waals surface area contributed by atoms with Gasteiger partial charge in [0.1, 0.15) is 5.41 Å². The average Bonchev–Trinajstić information content (AvgIpc) is 3.41. The predicted octanol–water partition coefficient (Wildman–Crippen LogP) is 7.01. The molecule has 2 aromatic carbocycles. The summed E-state index contributed by atoms with van der Waals surface area (Å²) in [7, 11) is 5.54. The number of anilines is 2. The lowest BCUT2D eigenvalue weighted by Gasteiger charge is -2.41. The standard InChI is InChI=1S/C21H31NO5.C17H25NO3.C4H7BrO2/c1-6-17-20(2,3)27-15-21(19(24)26-5,13-12-18(23)25-4)14-22(17)16-10-8-7-9-11-16;1-5-15-17(2,3)21-12-13(16(19)20-4)11-18(15)14-9-7-6-8-10-14;1-7-4(6)2-3-5/h7-11,17H,6,12-15H2,1-5H3;6-10,13,15H,5,11-12H2,1-4H3;2-3H2,1H3. The molecule has 2 fully saturated rings. The van der Waals surface area contributed by atoms with E-state index in [-0.39, 0.29) is 60.5 Å². The summed E-state index contributed by atoms with van der Waals surface area (Å²) in [4.78, 5) is 51.3. The van der Waals surface area contributed by atoms with Gasteiger partial charge in [0.25, 0.3) is 0 Å². The van der Waals surface area contributed by atoms with Crippen LogP contribution in [0.3, 0.4) is 0 Å². The van der Waals surface area contributed by atoms with E-state index in [2.05, 4.69) is 70.3 Å². The summed E-state index contributed by atoms with van der Waals surface area (Å²) in [6.07, 6.45) is 2.71. The minimum atomic E-state index is -0.944. The van der Waals surface area contributed by atoms with E-state index in [9.17, 15) is 19.2 Å². The van der Waals surface area contributed by atoms with Gasteiger partial charge >= 0.3 is 23.9 Å². The van der Waals surface area contributed by atoms with Crippen LogP contribution in [0.25, 0.3) is 0 Å². The fourth-order valence-electron chi connectivity index (χ4n) is 7.23. The third-order valence-corrected chi connectivity index (χ3v) is 10.7. The van der Waals surface area contributed by atoms with Crippen molar-refractivity contribution in [3.63, 3.8) is 0 Å². The minimum absolute atomic E-state index is 0.0737. The molecule has 308 valence electrons. The minimum Gasteiger partial charge on any atom is -0.469 e. The van der Waals surface area contributed by atoms with Gasteiger partial charge in [-0.1, -0.05) is 66.2 Å². The maximum absolute atomic E-state index is 12.8. The van der Waals surface area contributed by atoms with Crippen LogP contribution >= 0.6 is 15.9 Å². The van der Waals surface area contributed by atoms with Crippen molar-refractivity contribution in [1.82, 2.24) is 0 Å². The number of benzene rings is 2. The summed E-state index contributed by atoms with van der Waals surface area (Å²) in [6.45, 7) is 14.2. The van der Waals surface area contributed by atoms with Gasteiger partial charge in [-0.2, -0.15) is 0 Å². The van der Waals surface area contributed by atoms with E-state index in [1.54, 1.807) is 0 Å². The lowest BCUT2D eigenvalue weighted by Crippen LogP contribution is -2.51. The summed E-state index contributed by atoms with van der Waals surface area (Å²) in [5, 5.41) is 0.680. The molecule has 0 aromatic heterocycles. The molecule has 4 atom stereocenters. The van der Waals surface area contributed by atoms with Gasteiger partial charge in [-0.3, -0.25) is 19.2 Å². The van der Waals surface area contributed by atoms with Gasteiger partial charge in [0, 0.05) is 36.2 Å². The number of methoxy groups -OCH3 is 4. The number of carbonyl (C=O) groups is 4. The smallest absolute Gasteiger partial charge is 0.315 e. The van der Waals surface area contributed by atoms with Gasteiger partial charge in [-0.05, 0) is 71.2 Å². The van der Waals surface area contributed by atoms with E-state index < -0.39 is 11.0 Å². The number of halogens is 1. The Morgan fingerprint density at radius 1 is 0.709 bits per heavy atom. The second-order valence-corrected chi connectivity index (χ2v) is 15.5. The molecular formula is C42H63BrN2O10. The summed E-state index contributed by atoms with van der Waals surface area (Å²) in [6, 6.07) is 20.5. The van der Waals surface area contributed by atoms with Crippen LogP contribution in [0.15, 0.2) is 60.7 Å². The molecule has 12 nitrogen and oxygen atoms in total. The van der Waals surface area contributed by atoms with Crippen LogP contribution in [0.2, 0.25) is 0 Å². The molecule has 55 heavy (non-hydrogen) atoms. The van der Waals surface area contributed by atoms with E-state index in [1.807, 2.05) is 62.4 Å². The Kier molecular flexibility index (Phi) is 19.7. The highest BCUT2D eigenvalue weighted by atomic mass is 79.9. The summed E-state index contributed by atoms with van der Waals surface area (Å²) >= 11 is 3.09. The summed E-state index contributed by atoms with van der Waals surface area (Å²) in [5.74, 6) is -1.34. The van der Waals surface area contributed by atoms with Crippen molar-refractivity contribution >= 4 is 51.2 Å². The van der Waals surface area contributed by atoms with Crippen molar-refractivity contribution in [2.75, 3.05) is 69.9 Å². The highest BCUT2D eigenvalue weighted by molar-refractivity contribution is 9.09. The highest BCUT2D eigenvalue weighted by Crippen LogP contribution is 2.40. The number of hydrogen-bond acceptors (Lipinski definition) is 12. The Labute approximate surface area is 336 Å². The monoisotopic (exact) mass is 834 g/mol. The molecule has 0 saturated carbocycles. The topological polar surface area (TPSA) is 130 Å². The zero-order valence-corrected chi connectivity index (χ0v) is 36.0. The largest absolute Gasteiger partial charge is 0.469 e. The Bertz CT molecular complexity index is 1480. The van der Waals surface area contributed by atoms with Crippen LogP contribution in [-0.2, 0) is 47.6 Å². The quantitative estimate of drug-likeness (QED) is 0.131. The van der Waals surface area contributed by atoms with E-state index in [0.29, 0.717) is 37.9 Å². The summed E-state index contributed by atoms with van der Waals surface area (Å²) in [5.41, 5.74) is 0.421. The predicted molar refractivity (Wildman–Crippen MR) is 217 cm³/mol. The van der Waals surface area contributed by atoms with Crippen molar-refractivity contribution in [2.45, 2.75) is 96.9 Å². The molecule has 0 bridgehead atoms. The molecule has 0 aliphatic carbocycles. The molecule has 2 aromatic rings. The first kappa shape index (κ1) is 47.5. The number of ether oxygens (including phenoxy) is 6. The number of hydrogen-bond donors (Lipinski definition) is 0. The third-order valence-electron chi connectivity index (χ3n) is 10.3. The number of carbonyl (C=O) groups excluding carboxylic acids is 4. The first-order valence-corrected chi connectivity index (χ1v) is 20.0. The van der Waals surface area contributed by atoms with Gasteiger partial charge in [0.05, 0.1) is 77.3 Å². The lowest BCUT2D eigenvalue weighted by molar-refractivity contribution is -0.160. The van der Waals surface area contributed by atoms with E-state index in [4.69, 9.17) is 23.7 Å². The zero-order valence-electron chi connectivity index (χ0n) is 34.4. The van der Waals surface area contributed by atoms with Crippen LogP contribution in [0.4, 0.5) is 11.4 Å². The average molecular weight is 836 g/mol. The first-order valence-electron chi connectivity index (χ1n) is 18.9. The molecule has 4 rings (SSSR count). The number of alkyl halides is 1. The van der Waals surface area contributed by atoms with Crippen molar-refractivity contribution in [3.05, 3.63) is 60.7 Å². The van der Waals surface area contributed by atoms with Crippen molar-refractivity contribution < 1.29 is 47.6 Å². The normalized spacial score (nSPS) is 22.9. The van der Waals surface area contributed by atoms with Crippen LogP contribution < -0.4 is 9.80 Å². The maximum atomic E-state index is 12.8. The number of nitrogens with zero attached hydrogens (tertiary/aromatic N) is 2. The molecule has 4 unspecified atom stereocenters. The van der Waals surface area contributed by atoms with Crippen LogP contribution in [0.1, 0.15) is 73.6 Å². The van der Waals surface area contributed by atoms with Gasteiger partial charge in [-0.25, -0.2) is 0 Å². The van der Waals surface area contributed by atoms with Crippen LogP contribution in [0, 0.1) is 11.3 Å². The molecule has 2 heterocycles. The number of esters is 4. The third kappa shape index (κ3) is 13.5. The van der Waals surface area contributed by atoms with Crippen molar-refractivity contribution in [1.29, 1.82) is 0 Å². The maximum Gasteiger partial charge on any atom is 0.315 e. The second-order valence-electron chi connectivity index (χ2n) is 14.7. The Morgan fingerprint density at radius 2 is 1.20 bits per heavy atom. The molecule has 2 aliphatic rings. The molecule has 0 spiro atoms. The molecular weight excluding hydrogens is 772 g/mol. The molecule has 0 amide bonds. The molecule has 13 heteroatoms. The first-order chi connectivity index (χ1) is 26.1. The Morgan fingerprint density at radius 3 is 1.65 bits per heavy atom. The Hall–Kier alpha value is -3.68. The fourth-order valence-corrected chi connectivity index (χ4v) is 7.55. The molecule has 0 N–H and O–H groups in total. The fraction of sp³-hybridized carbons (Fsp3) is 0.619. The van der Waals surface area contributed by atoms with Crippen LogP contribution in [-0.4, -0.2) is 107 Å². The molecule has 0 radical (unpaired) electrons. The Balaban J connectivity index is 0.000000331. The van der Waals surface area contributed by atoms with Gasteiger partial charge < -0.3 is 38.2 Å². The zero-order chi connectivity index (χ0) is 41.2. The van der Waals surface area contributed by atoms with Crippen molar-refractivity contribution in [2.24, 2.45) is 11.3 Å². The van der Waals surface area contributed by atoms with Gasteiger partial charge in [-0.15, -0.1) is 0 Å². The van der Waals surface area contributed by atoms with Gasteiger partial charge in [0.2, 0.25) is 0 Å². The summed E-state index contributed by atoms with van der Waals surface area (Å²) < 4.78 is 31.5. The van der Waals surface area contributed by atoms with Crippen LogP contribution in [0.5, 0.6) is 0 Å². The number of para-hydroxylation sites is 2. The van der Waals surface area contributed by atoms with E-state index in [1.165, 1.54) is 28.4 Å².